The van der Waals surface area contributed by atoms with Crippen LogP contribution in [0.1, 0.15) is 18.1 Å². The van der Waals surface area contributed by atoms with Gasteiger partial charge in [0.1, 0.15) is 5.82 Å². The lowest BCUT2D eigenvalue weighted by atomic mass is 10.0. The number of hydrogen-bond donors (Lipinski definition) is 0. The summed E-state index contributed by atoms with van der Waals surface area (Å²) in [6.45, 7) is 5.66. The SMILES string of the molecule is CCN(Cc1ccc(-c2cc(=O)n3ccsc3n2)c(C)c1)c1ccc(F)cc1. The highest BCUT2D eigenvalue weighted by atomic mass is 32.1. The predicted molar refractivity (Wildman–Crippen MR) is 113 cm³/mol. The summed E-state index contributed by atoms with van der Waals surface area (Å²) in [6, 6.07) is 14.4. The lowest BCUT2D eigenvalue weighted by molar-refractivity contribution is 0.627. The molecule has 0 bridgehead atoms. The maximum Gasteiger partial charge on any atom is 0.259 e. The molecule has 0 amide bonds. The fourth-order valence-corrected chi connectivity index (χ4v) is 4.07. The standard InChI is InChI=1S/C22H20FN3OS/c1-3-25(18-7-5-17(23)6-8-18)14-16-4-9-19(15(2)12-16)20-13-21(27)26-10-11-28-22(26)24-20/h4-13H,3,14H2,1-2H3. The molecule has 2 aromatic heterocycles. The molecule has 28 heavy (non-hydrogen) atoms. The van der Waals surface area contributed by atoms with Crippen LogP contribution < -0.4 is 10.5 Å². The zero-order chi connectivity index (χ0) is 19.7. The van der Waals surface area contributed by atoms with E-state index in [-0.39, 0.29) is 11.4 Å². The molecule has 4 rings (SSSR count). The molecule has 0 saturated heterocycles. The lowest BCUT2D eigenvalue weighted by Gasteiger charge is -2.23. The first-order valence-electron chi connectivity index (χ1n) is 9.12. The molecular weight excluding hydrogens is 373 g/mol. The van der Waals surface area contributed by atoms with E-state index in [1.807, 2.05) is 18.4 Å². The first-order valence-corrected chi connectivity index (χ1v) is 10.0. The lowest BCUT2D eigenvalue weighted by Crippen LogP contribution is -2.22. The monoisotopic (exact) mass is 393 g/mol. The van der Waals surface area contributed by atoms with Crippen LogP contribution in [-0.2, 0) is 6.54 Å². The molecule has 0 aliphatic heterocycles. The summed E-state index contributed by atoms with van der Waals surface area (Å²) < 4.78 is 14.8. The Kier molecular flexibility index (Phi) is 4.96. The maximum absolute atomic E-state index is 13.2. The largest absolute Gasteiger partial charge is 0.367 e. The van der Waals surface area contributed by atoms with Gasteiger partial charge in [0, 0.05) is 42.0 Å². The first-order chi connectivity index (χ1) is 13.5. The van der Waals surface area contributed by atoms with Gasteiger partial charge >= 0.3 is 0 Å². The quantitative estimate of drug-likeness (QED) is 0.484. The molecule has 142 valence electrons. The minimum atomic E-state index is -0.230. The molecule has 0 spiro atoms. The minimum Gasteiger partial charge on any atom is -0.367 e. The minimum absolute atomic E-state index is 0.0711. The zero-order valence-corrected chi connectivity index (χ0v) is 16.5. The Labute approximate surface area is 166 Å². The summed E-state index contributed by atoms with van der Waals surface area (Å²) in [5.74, 6) is -0.230. The van der Waals surface area contributed by atoms with Crippen molar-refractivity contribution in [2.75, 3.05) is 11.4 Å². The summed E-state index contributed by atoms with van der Waals surface area (Å²) in [4.78, 5) is 19.8. The van der Waals surface area contributed by atoms with Gasteiger partial charge in [-0.3, -0.25) is 9.20 Å². The Morgan fingerprint density at radius 3 is 2.64 bits per heavy atom. The molecule has 2 heterocycles. The van der Waals surface area contributed by atoms with E-state index >= 15 is 0 Å². The van der Waals surface area contributed by atoms with E-state index in [1.54, 1.807) is 28.8 Å². The summed E-state index contributed by atoms with van der Waals surface area (Å²) in [5.41, 5.74) is 4.80. The molecule has 2 aromatic carbocycles. The van der Waals surface area contributed by atoms with Crippen molar-refractivity contribution in [2.24, 2.45) is 0 Å². The second-order valence-corrected chi connectivity index (χ2v) is 7.55. The number of halogens is 1. The molecule has 0 fully saturated rings. The molecule has 0 aliphatic carbocycles. The summed E-state index contributed by atoms with van der Waals surface area (Å²) in [7, 11) is 0. The van der Waals surface area contributed by atoms with Crippen molar-refractivity contribution in [2.45, 2.75) is 20.4 Å². The maximum atomic E-state index is 13.2. The number of thiazole rings is 1. The Hall–Kier alpha value is -2.99. The van der Waals surface area contributed by atoms with Crippen LogP contribution in [0, 0.1) is 12.7 Å². The molecular formula is C22H20FN3OS. The van der Waals surface area contributed by atoms with Gasteiger partial charge in [-0.1, -0.05) is 18.2 Å². The molecule has 0 radical (unpaired) electrons. The number of rotatable bonds is 5. The van der Waals surface area contributed by atoms with E-state index in [1.165, 1.54) is 23.5 Å². The van der Waals surface area contributed by atoms with Gasteiger partial charge < -0.3 is 4.90 Å². The van der Waals surface area contributed by atoms with Crippen molar-refractivity contribution in [3.05, 3.63) is 87.4 Å². The van der Waals surface area contributed by atoms with Crippen LogP contribution in [0.5, 0.6) is 0 Å². The Balaban J connectivity index is 1.63. The number of benzene rings is 2. The molecule has 0 saturated carbocycles. The van der Waals surface area contributed by atoms with Crippen molar-refractivity contribution in [1.29, 1.82) is 0 Å². The molecule has 6 heteroatoms. The Morgan fingerprint density at radius 1 is 1.14 bits per heavy atom. The fraction of sp³-hybridized carbons (Fsp3) is 0.182. The predicted octanol–water partition coefficient (Wildman–Crippen LogP) is 4.90. The molecule has 4 aromatic rings. The van der Waals surface area contributed by atoms with Crippen molar-refractivity contribution in [3.8, 4) is 11.3 Å². The van der Waals surface area contributed by atoms with E-state index in [0.29, 0.717) is 10.7 Å². The van der Waals surface area contributed by atoms with Crippen LogP contribution in [0.25, 0.3) is 16.2 Å². The molecule has 0 atom stereocenters. The normalized spacial score (nSPS) is 11.1. The van der Waals surface area contributed by atoms with Crippen LogP contribution in [0.15, 0.2) is 64.9 Å². The van der Waals surface area contributed by atoms with Crippen LogP contribution in [0.2, 0.25) is 0 Å². The van der Waals surface area contributed by atoms with E-state index in [0.717, 1.165) is 35.5 Å². The smallest absolute Gasteiger partial charge is 0.259 e. The van der Waals surface area contributed by atoms with Gasteiger partial charge in [-0.15, -0.1) is 11.3 Å². The average molecular weight is 393 g/mol. The number of hydrogen-bond acceptors (Lipinski definition) is 4. The van der Waals surface area contributed by atoms with Gasteiger partial charge in [-0.05, 0) is 49.2 Å². The van der Waals surface area contributed by atoms with Crippen LogP contribution in [0.4, 0.5) is 10.1 Å². The number of fused-ring (bicyclic) bond motifs is 1. The second-order valence-electron chi connectivity index (χ2n) is 6.68. The summed E-state index contributed by atoms with van der Waals surface area (Å²) in [5, 5.41) is 1.86. The molecule has 0 N–H and O–H groups in total. The molecule has 0 unspecified atom stereocenters. The third-order valence-electron chi connectivity index (χ3n) is 4.82. The van der Waals surface area contributed by atoms with Crippen LogP contribution in [0.3, 0.4) is 0 Å². The number of anilines is 1. The van der Waals surface area contributed by atoms with Gasteiger partial charge in [0.25, 0.3) is 5.56 Å². The number of aryl methyl sites for hydroxylation is 1. The highest BCUT2D eigenvalue weighted by Gasteiger charge is 2.11. The third kappa shape index (κ3) is 3.55. The highest BCUT2D eigenvalue weighted by molar-refractivity contribution is 7.15. The first kappa shape index (κ1) is 18.4. The summed E-state index contributed by atoms with van der Waals surface area (Å²) in [6.07, 6.45) is 1.74. The summed E-state index contributed by atoms with van der Waals surface area (Å²) >= 11 is 1.45. The molecule has 0 aliphatic rings. The van der Waals surface area contributed by atoms with Gasteiger partial charge in [0.05, 0.1) is 5.69 Å². The van der Waals surface area contributed by atoms with Crippen LogP contribution >= 0.6 is 11.3 Å². The van der Waals surface area contributed by atoms with Gasteiger partial charge in [-0.2, -0.15) is 0 Å². The van der Waals surface area contributed by atoms with E-state index in [2.05, 4.69) is 28.9 Å². The Morgan fingerprint density at radius 2 is 1.93 bits per heavy atom. The highest BCUT2D eigenvalue weighted by Crippen LogP contribution is 2.25. The third-order valence-corrected chi connectivity index (χ3v) is 5.57. The van der Waals surface area contributed by atoms with Gasteiger partial charge in [0.15, 0.2) is 4.96 Å². The Bertz CT molecular complexity index is 1180. The van der Waals surface area contributed by atoms with Crippen molar-refractivity contribution in [3.63, 3.8) is 0 Å². The van der Waals surface area contributed by atoms with E-state index in [9.17, 15) is 9.18 Å². The van der Waals surface area contributed by atoms with E-state index in [4.69, 9.17) is 0 Å². The molecule has 4 nitrogen and oxygen atoms in total. The second kappa shape index (κ2) is 7.56. The van der Waals surface area contributed by atoms with Crippen molar-refractivity contribution in [1.82, 2.24) is 9.38 Å². The van der Waals surface area contributed by atoms with Crippen LogP contribution in [-0.4, -0.2) is 15.9 Å². The number of nitrogens with zero attached hydrogens (tertiary/aromatic N) is 3. The topological polar surface area (TPSA) is 37.6 Å². The van der Waals surface area contributed by atoms with E-state index < -0.39 is 0 Å². The van der Waals surface area contributed by atoms with Crippen molar-refractivity contribution < 1.29 is 4.39 Å². The average Bonchev–Trinajstić information content (AvgIpc) is 3.16. The van der Waals surface area contributed by atoms with Gasteiger partial charge in [-0.25, -0.2) is 9.37 Å². The van der Waals surface area contributed by atoms with Gasteiger partial charge in [0.2, 0.25) is 0 Å². The zero-order valence-electron chi connectivity index (χ0n) is 15.7. The fourth-order valence-electron chi connectivity index (χ4n) is 3.35. The number of aromatic nitrogens is 2. The van der Waals surface area contributed by atoms with Crippen molar-refractivity contribution >= 4 is 22.0 Å².